The molecule has 20 heavy (non-hydrogen) atoms. The Balaban J connectivity index is 2.47. The van der Waals surface area contributed by atoms with Crippen LogP contribution in [0.5, 0.6) is 5.75 Å². The normalized spacial score (nSPS) is 12.2. The van der Waals surface area contributed by atoms with E-state index in [0.717, 1.165) is 26.9 Å². The summed E-state index contributed by atoms with van der Waals surface area (Å²) in [7, 11) is 3.53. The number of ether oxygens (including phenoxy) is 1. The van der Waals surface area contributed by atoms with Gasteiger partial charge in [-0.1, -0.05) is 28.1 Å². The molecule has 106 valence electrons. The first-order chi connectivity index (χ1) is 9.56. The molecule has 2 aromatic rings. The first-order valence-corrected chi connectivity index (χ1v) is 7.13. The summed E-state index contributed by atoms with van der Waals surface area (Å²) in [6.07, 6.45) is 0. The summed E-state index contributed by atoms with van der Waals surface area (Å²) >= 11 is 3.57. The lowest BCUT2D eigenvalue weighted by molar-refractivity contribution is 0.414. The molecule has 2 nitrogen and oxygen atoms in total. The first kappa shape index (κ1) is 15.0. The molecule has 1 unspecified atom stereocenters. The van der Waals surface area contributed by atoms with Crippen molar-refractivity contribution in [3.05, 3.63) is 63.4 Å². The Bertz CT molecular complexity index is 615. The van der Waals surface area contributed by atoms with Gasteiger partial charge in [-0.3, -0.25) is 0 Å². The Hall–Kier alpha value is -1.39. The highest BCUT2D eigenvalue weighted by atomic mass is 79.9. The summed E-state index contributed by atoms with van der Waals surface area (Å²) in [5.41, 5.74) is 3.06. The van der Waals surface area contributed by atoms with Crippen LogP contribution in [0.1, 0.15) is 22.7 Å². The van der Waals surface area contributed by atoms with Crippen LogP contribution in [0, 0.1) is 12.7 Å². The van der Waals surface area contributed by atoms with E-state index in [1.54, 1.807) is 13.2 Å². The van der Waals surface area contributed by atoms with E-state index in [2.05, 4.69) is 21.2 Å². The number of hydrogen-bond acceptors (Lipinski definition) is 2. The van der Waals surface area contributed by atoms with Gasteiger partial charge in [-0.05, 0) is 54.9 Å². The summed E-state index contributed by atoms with van der Waals surface area (Å²) in [5, 5.41) is 3.28. The molecule has 0 amide bonds. The van der Waals surface area contributed by atoms with Crippen molar-refractivity contribution in [3.63, 3.8) is 0 Å². The van der Waals surface area contributed by atoms with Crippen LogP contribution in [-0.2, 0) is 0 Å². The molecule has 0 aliphatic heterocycles. The van der Waals surface area contributed by atoms with E-state index in [9.17, 15) is 4.39 Å². The third-order valence-corrected chi connectivity index (χ3v) is 4.04. The lowest BCUT2D eigenvalue weighted by atomic mass is 9.95. The van der Waals surface area contributed by atoms with Gasteiger partial charge in [0.1, 0.15) is 11.6 Å². The van der Waals surface area contributed by atoms with Gasteiger partial charge in [-0.25, -0.2) is 4.39 Å². The predicted molar refractivity (Wildman–Crippen MR) is 82.7 cm³/mol. The molecule has 4 heteroatoms. The molecule has 0 aliphatic rings. The van der Waals surface area contributed by atoms with E-state index < -0.39 is 0 Å². The molecular weight excluding hydrogens is 321 g/mol. The van der Waals surface area contributed by atoms with Crippen molar-refractivity contribution in [2.45, 2.75) is 13.0 Å². The fraction of sp³-hybridized carbons (Fsp3) is 0.250. The SMILES string of the molecule is CNC(c1ccc(F)cc1C)c1ccc(OC)cc1Br. The lowest BCUT2D eigenvalue weighted by Crippen LogP contribution is -2.19. The molecule has 0 fully saturated rings. The van der Waals surface area contributed by atoms with Crippen molar-refractivity contribution >= 4 is 15.9 Å². The molecule has 2 rings (SSSR count). The van der Waals surface area contributed by atoms with Crippen molar-refractivity contribution in [3.8, 4) is 5.75 Å². The minimum atomic E-state index is -0.213. The molecule has 1 N–H and O–H groups in total. The molecule has 0 heterocycles. The minimum absolute atomic E-state index is 0.00381. The highest BCUT2D eigenvalue weighted by Gasteiger charge is 2.17. The summed E-state index contributed by atoms with van der Waals surface area (Å²) in [6.45, 7) is 1.92. The van der Waals surface area contributed by atoms with E-state index in [1.165, 1.54) is 6.07 Å². The van der Waals surface area contributed by atoms with E-state index in [0.29, 0.717) is 0 Å². The zero-order valence-corrected chi connectivity index (χ0v) is 13.3. The summed E-state index contributed by atoms with van der Waals surface area (Å²) in [4.78, 5) is 0. The van der Waals surface area contributed by atoms with Crippen LogP contribution in [-0.4, -0.2) is 14.2 Å². The molecule has 0 aliphatic carbocycles. The van der Waals surface area contributed by atoms with Crippen LogP contribution in [0.25, 0.3) is 0 Å². The number of rotatable bonds is 4. The van der Waals surface area contributed by atoms with E-state index in [1.807, 2.05) is 38.2 Å². The highest BCUT2D eigenvalue weighted by Crippen LogP contribution is 2.32. The largest absolute Gasteiger partial charge is 0.497 e. The molecule has 0 radical (unpaired) electrons. The quantitative estimate of drug-likeness (QED) is 0.902. The Labute approximate surface area is 127 Å². The third-order valence-electron chi connectivity index (χ3n) is 3.35. The van der Waals surface area contributed by atoms with Gasteiger partial charge in [-0.15, -0.1) is 0 Å². The first-order valence-electron chi connectivity index (χ1n) is 6.33. The van der Waals surface area contributed by atoms with Gasteiger partial charge in [-0.2, -0.15) is 0 Å². The van der Waals surface area contributed by atoms with Crippen molar-refractivity contribution in [1.82, 2.24) is 5.32 Å². The average molecular weight is 338 g/mol. The third kappa shape index (κ3) is 3.02. The number of methoxy groups -OCH3 is 1. The summed E-state index contributed by atoms with van der Waals surface area (Å²) in [6, 6.07) is 10.7. The number of benzene rings is 2. The van der Waals surface area contributed by atoms with Gasteiger partial charge in [0.15, 0.2) is 0 Å². The van der Waals surface area contributed by atoms with Crippen molar-refractivity contribution < 1.29 is 9.13 Å². The summed E-state index contributed by atoms with van der Waals surface area (Å²) < 4.78 is 19.4. The lowest BCUT2D eigenvalue weighted by Gasteiger charge is -2.21. The van der Waals surface area contributed by atoms with Gasteiger partial charge in [0, 0.05) is 4.47 Å². The second-order valence-corrected chi connectivity index (χ2v) is 5.46. The van der Waals surface area contributed by atoms with Crippen molar-refractivity contribution in [2.24, 2.45) is 0 Å². The maximum atomic E-state index is 13.2. The molecular formula is C16H17BrFNO. The maximum Gasteiger partial charge on any atom is 0.123 e. The number of hydrogen-bond donors (Lipinski definition) is 1. The topological polar surface area (TPSA) is 21.3 Å². The zero-order chi connectivity index (χ0) is 14.7. The smallest absolute Gasteiger partial charge is 0.123 e. The fourth-order valence-corrected chi connectivity index (χ4v) is 2.90. The minimum Gasteiger partial charge on any atom is -0.497 e. The Morgan fingerprint density at radius 2 is 1.85 bits per heavy atom. The van der Waals surface area contributed by atoms with Gasteiger partial charge >= 0.3 is 0 Å². The molecule has 0 bridgehead atoms. The van der Waals surface area contributed by atoms with Crippen molar-refractivity contribution in [2.75, 3.05) is 14.2 Å². The Morgan fingerprint density at radius 1 is 1.15 bits per heavy atom. The van der Waals surface area contributed by atoms with Crippen LogP contribution < -0.4 is 10.1 Å². The van der Waals surface area contributed by atoms with Crippen LogP contribution in [0.15, 0.2) is 40.9 Å². The maximum absolute atomic E-state index is 13.2. The Kier molecular flexibility index (Phi) is 4.78. The fourth-order valence-electron chi connectivity index (χ4n) is 2.31. The van der Waals surface area contributed by atoms with Crippen LogP contribution in [0.2, 0.25) is 0 Å². The number of nitrogens with one attached hydrogen (secondary N) is 1. The van der Waals surface area contributed by atoms with E-state index in [-0.39, 0.29) is 11.9 Å². The Morgan fingerprint density at radius 3 is 2.40 bits per heavy atom. The standard InChI is InChI=1S/C16H17BrFNO/c1-10-8-11(18)4-6-13(10)16(19-2)14-7-5-12(20-3)9-15(14)17/h4-9,16,19H,1-3H3. The summed E-state index contributed by atoms with van der Waals surface area (Å²) in [5.74, 6) is 0.584. The predicted octanol–water partition coefficient (Wildman–Crippen LogP) is 4.21. The van der Waals surface area contributed by atoms with Gasteiger partial charge in [0.2, 0.25) is 0 Å². The number of halogens is 2. The second-order valence-electron chi connectivity index (χ2n) is 4.61. The average Bonchev–Trinajstić information content (AvgIpc) is 2.43. The zero-order valence-electron chi connectivity index (χ0n) is 11.7. The van der Waals surface area contributed by atoms with Crippen molar-refractivity contribution in [1.29, 1.82) is 0 Å². The molecule has 0 spiro atoms. The monoisotopic (exact) mass is 337 g/mol. The number of aryl methyl sites for hydroxylation is 1. The van der Waals surface area contributed by atoms with Crippen LogP contribution in [0.3, 0.4) is 0 Å². The highest BCUT2D eigenvalue weighted by molar-refractivity contribution is 9.10. The van der Waals surface area contributed by atoms with E-state index >= 15 is 0 Å². The molecule has 0 saturated carbocycles. The molecule has 0 saturated heterocycles. The second kappa shape index (κ2) is 6.37. The molecule has 1 atom stereocenters. The molecule has 2 aromatic carbocycles. The molecule has 0 aromatic heterocycles. The van der Waals surface area contributed by atoms with Gasteiger partial charge in [0.25, 0.3) is 0 Å². The van der Waals surface area contributed by atoms with Gasteiger partial charge < -0.3 is 10.1 Å². The van der Waals surface area contributed by atoms with Crippen LogP contribution >= 0.6 is 15.9 Å². The van der Waals surface area contributed by atoms with E-state index in [4.69, 9.17) is 4.74 Å². The van der Waals surface area contributed by atoms with Gasteiger partial charge in [0.05, 0.1) is 13.2 Å². The van der Waals surface area contributed by atoms with Crippen LogP contribution in [0.4, 0.5) is 4.39 Å².